The first-order chi connectivity index (χ1) is 9.96. The minimum Gasteiger partial charge on any atom is -0.508 e. The van der Waals surface area contributed by atoms with Gasteiger partial charge in [-0.05, 0) is 12.3 Å². The molecule has 0 saturated carbocycles. The molecule has 3 atom stereocenters. The number of alkyl halides is 1. The molecule has 0 spiro atoms. The summed E-state index contributed by atoms with van der Waals surface area (Å²) in [5, 5.41) is 10.7. The molecule has 6 nitrogen and oxygen atoms in total. The number of aliphatic hydroxyl groups excluding tert-OH is 1. The van der Waals surface area contributed by atoms with E-state index < -0.39 is 18.0 Å². The van der Waals surface area contributed by atoms with Crippen molar-refractivity contribution in [2.45, 2.75) is 19.4 Å². The summed E-state index contributed by atoms with van der Waals surface area (Å²) in [5.41, 5.74) is 0.625. The predicted molar refractivity (Wildman–Crippen MR) is 76.7 cm³/mol. The maximum Gasteiger partial charge on any atom is 0.337 e. The third-order valence-corrected chi connectivity index (χ3v) is 4.39. The largest absolute Gasteiger partial charge is 0.508 e. The maximum atomic E-state index is 12.0. The van der Waals surface area contributed by atoms with Crippen LogP contribution in [-0.4, -0.2) is 42.7 Å². The first-order valence-electron chi connectivity index (χ1n) is 6.51. The Kier molecular flexibility index (Phi) is 4.61. The van der Waals surface area contributed by atoms with Crippen molar-refractivity contribution in [2.75, 3.05) is 19.5 Å². The van der Waals surface area contributed by atoms with Crippen molar-refractivity contribution in [1.82, 2.24) is 0 Å². The highest BCUT2D eigenvalue weighted by Crippen LogP contribution is 2.45. The molecule has 0 amide bonds. The van der Waals surface area contributed by atoms with Gasteiger partial charge in [-0.1, -0.05) is 22.9 Å². The summed E-state index contributed by atoms with van der Waals surface area (Å²) in [6, 6.07) is 0. The Hall–Kier alpha value is -1.50. The van der Waals surface area contributed by atoms with Crippen molar-refractivity contribution in [3.63, 3.8) is 0 Å². The second-order valence-electron chi connectivity index (χ2n) is 5.03. The number of fused-ring (bicyclic) bond motifs is 1. The van der Waals surface area contributed by atoms with Crippen LogP contribution in [0.4, 0.5) is 0 Å². The van der Waals surface area contributed by atoms with Gasteiger partial charge >= 0.3 is 11.9 Å². The number of carbonyl (C=O) groups is 2. The molecule has 0 aromatic carbocycles. The van der Waals surface area contributed by atoms with Crippen LogP contribution >= 0.6 is 15.9 Å². The van der Waals surface area contributed by atoms with Crippen LogP contribution in [0.2, 0.25) is 0 Å². The molecule has 1 unspecified atom stereocenters. The van der Waals surface area contributed by atoms with Crippen molar-refractivity contribution < 1.29 is 28.9 Å². The molecule has 1 aliphatic heterocycles. The Bertz CT molecular complexity index is 536. The number of halogens is 1. The van der Waals surface area contributed by atoms with E-state index in [0.717, 1.165) is 0 Å². The number of rotatable bonds is 3. The second-order valence-corrected chi connectivity index (χ2v) is 5.59. The molecule has 1 heterocycles. The van der Waals surface area contributed by atoms with Crippen LogP contribution < -0.4 is 0 Å². The smallest absolute Gasteiger partial charge is 0.337 e. The van der Waals surface area contributed by atoms with E-state index in [1.165, 1.54) is 14.2 Å². The molecule has 0 bridgehead atoms. The lowest BCUT2D eigenvalue weighted by Gasteiger charge is -2.30. The number of hydrogen-bond donors (Lipinski definition) is 1. The fourth-order valence-electron chi connectivity index (χ4n) is 2.94. The van der Waals surface area contributed by atoms with Gasteiger partial charge in [0.05, 0.1) is 30.7 Å². The van der Waals surface area contributed by atoms with E-state index >= 15 is 0 Å². The van der Waals surface area contributed by atoms with Crippen LogP contribution in [0.15, 0.2) is 22.7 Å². The van der Waals surface area contributed by atoms with Gasteiger partial charge in [0.25, 0.3) is 0 Å². The first kappa shape index (κ1) is 15.9. The summed E-state index contributed by atoms with van der Waals surface area (Å²) >= 11 is 3.26. The van der Waals surface area contributed by atoms with E-state index in [4.69, 9.17) is 14.2 Å². The van der Waals surface area contributed by atoms with E-state index in [-0.39, 0.29) is 23.2 Å². The number of methoxy groups -OCH3 is 2. The molecule has 21 heavy (non-hydrogen) atoms. The van der Waals surface area contributed by atoms with Gasteiger partial charge in [-0.25, -0.2) is 9.59 Å². The Morgan fingerprint density at radius 2 is 1.86 bits per heavy atom. The highest BCUT2D eigenvalue weighted by Gasteiger charge is 2.48. The SMILES string of the molecule is COC(=O)C1=C(O)[C@@H]2OC(CBr)=C(C(=O)OC)[C@H]2CC1C. The molecule has 0 fully saturated rings. The number of esters is 2. The quantitative estimate of drug-likeness (QED) is 0.610. The zero-order valence-electron chi connectivity index (χ0n) is 12.0. The van der Waals surface area contributed by atoms with Gasteiger partial charge in [0.1, 0.15) is 11.5 Å². The Labute approximate surface area is 130 Å². The number of allylic oxidation sites excluding steroid dienone is 1. The van der Waals surface area contributed by atoms with E-state index in [0.29, 0.717) is 23.1 Å². The van der Waals surface area contributed by atoms with Gasteiger partial charge in [-0.2, -0.15) is 0 Å². The average Bonchev–Trinajstić information content (AvgIpc) is 2.84. The number of carbonyl (C=O) groups excluding carboxylic acids is 2. The Balaban J connectivity index is 2.43. The minimum absolute atomic E-state index is 0.164. The highest BCUT2D eigenvalue weighted by molar-refractivity contribution is 9.09. The van der Waals surface area contributed by atoms with Crippen LogP contribution in [0.1, 0.15) is 13.3 Å². The molecule has 7 heteroatoms. The summed E-state index contributed by atoms with van der Waals surface area (Å²) in [6.07, 6.45) is -0.239. The standard InChI is InChI=1S/C14H17BrO6/c1-6-4-7-10(14(18)20-3)8(5-15)21-12(7)11(16)9(6)13(17)19-2/h6-7,12,16H,4-5H2,1-3H3/t6?,7-,12-/m1/s1. The van der Waals surface area contributed by atoms with E-state index in [1.54, 1.807) is 6.92 Å². The van der Waals surface area contributed by atoms with Crippen LogP contribution in [0.3, 0.4) is 0 Å². The lowest BCUT2D eigenvalue weighted by molar-refractivity contribution is -0.137. The molecule has 2 rings (SSSR count). The van der Waals surface area contributed by atoms with Crippen LogP contribution in [-0.2, 0) is 23.8 Å². The van der Waals surface area contributed by atoms with E-state index in [1.807, 2.05) is 0 Å². The first-order valence-corrected chi connectivity index (χ1v) is 7.63. The summed E-state index contributed by atoms with van der Waals surface area (Å²) in [7, 11) is 2.56. The third-order valence-electron chi connectivity index (χ3n) is 3.88. The van der Waals surface area contributed by atoms with Crippen molar-refractivity contribution in [1.29, 1.82) is 0 Å². The topological polar surface area (TPSA) is 82.1 Å². The van der Waals surface area contributed by atoms with Crippen molar-refractivity contribution >= 4 is 27.9 Å². The number of hydrogen-bond acceptors (Lipinski definition) is 6. The molecular weight excluding hydrogens is 344 g/mol. The molecule has 116 valence electrons. The monoisotopic (exact) mass is 360 g/mol. The van der Waals surface area contributed by atoms with Crippen molar-refractivity contribution in [3.05, 3.63) is 22.7 Å². The van der Waals surface area contributed by atoms with Crippen LogP contribution in [0.5, 0.6) is 0 Å². The number of aliphatic hydroxyl groups is 1. The van der Waals surface area contributed by atoms with Crippen LogP contribution in [0.25, 0.3) is 0 Å². The molecule has 0 radical (unpaired) electrons. The summed E-state index contributed by atoms with van der Waals surface area (Å²) in [6.45, 7) is 1.81. The van der Waals surface area contributed by atoms with Gasteiger partial charge in [-0.3, -0.25) is 0 Å². The lowest BCUT2D eigenvalue weighted by atomic mass is 9.76. The van der Waals surface area contributed by atoms with Gasteiger partial charge in [0.15, 0.2) is 6.10 Å². The summed E-state index contributed by atoms with van der Waals surface area (Å²) in [4.78, 5) is 23.7. The molecule has 0 saturated heterocycles. The van der Waals surface area contributed by atoms with Crippen molar-refractivity contribution in [3.8, 4) is 0 Å². The lowest BCUT2D eigenvalue weighted by Crippen LogP contribution is -2.34. The Morgan fingerprint density at radius 3 is 2.38 bits per heavy atom. The highest BCUT2D eigenvalue weighted by atomic mass is 79.9. The fourth-order valence-corrected chi connectivity index (χ4v) is 3.38. The second kappa shape index (κ2) is 6.09. The van der Waals surface area contributed by atoms with Gasteiger partial charge in [0.2, 0.25) is 0 Å². The Morgan fingerprint density at radius 1 is 1.29 bits per heavy atom. The van der Waals surface area contributed by atoms with Crippen molar-refractivity contribution in [2.24, 2.45) is 11.8 Å². The van der Waals surface area contributed by atoms with Gasteiger partial charge in [-0.15, -0.1) is 0 Å². The molecule has 1 aliphatic carbocycles. The summed E-state index contributed by atoms with van der Waals surface area (Å²) < 4.78 is 15.1. The summed E-state index contributed by atoms with van der Waals surface area (Å²) in [5.74, 6) is -1.35. The molecular formula is C14H17BrO6. The fraction of sp³-hybridized carbons (Fsp3) is 0.571. The van der Waals surface area contributed by atoms with E-state index in [2.05, 4.69) is 15.9 Å². The zero-order valence-corrected chi connectivity index (χ0v) is 13.6. The predicted octanol–water partition coefficient (Wildman–Crippen LogP) is 1.85. The molecule has 1 N–H and O–H groups in total. The third kappa shape index (κ3) is 2.54. The van der Waals surface area contributed by atoms with Crippen LogP contribution in [0, 0.1) is 11.8 Å². The minimum atomic E-state index is -0.739. The number of ether oxygens (including phenoxy) is 3. The van der Waals surface area contributed by atoms with E-state index in [9.17, 15) is 14.7 Å². The van der Waals surface area contributed by atoms with Gasteiger partial charge in [0, 0.05) is 5.92 Å². The maximum absolute atomic E-state index is 12.0. The average molecular weight is 361 g/mol. The molecule has 0 aromatic heterocycles. The molecule has 2 aliphatic rings. The normalized spacial score (nSPS) is 28.1. The zero-order chi connectivity index (χ0) is 15.7. The van der Waals surface area contributed by atoms with Gasteiger partial charge < -0.3 is 19.3 Å². The molecule has 0 aromatic rings.